The molecule has 0 spiro atoms. The molecule has 2 rings (SSSR count). The Morgan fingerprint density at radius 3 is 2.59 bits per heavy atom. The molecule has 0 heterocycles. The Kier molecular flexibility index (Phi) is 3.28. The second-order valence-corrected chi connectivity index (χ2v) is 4.15. The van der Waals surface area contributed by atoms with Gasteiger partial charge in [0.2, 0.25) is 0 Å². The summed E-state index contributed by atoms with van der Waals surface area (Å²) in [6.45, 7) is 2.18. The van der Waals surface area contributed by atoms with Crippen LogP contribution in [0.1, 0.15) is 24.0 Å². The van der Waals surface area contributed by atoms with Crippen LogP contribution in [0.25, 0.3) is 0 Å². The van der Waals surface area contributed by atoms with Crippen molar-refractivity contribution in [2.24, 2.45) is 0 Å². The molecule has 0 saturated heterocycles. The predicted octanol–water partition coefficient (Wildman–Crippen LogP) is 3.57. The summed E-state index contributed by atoms with van der Waals surface area (Å²) in [5, 5.41) is 0. The third-order valence-corrected chi connectivity index (χ3v) is 2.55. The molecule has 1 aliphatic rings. The highest BCUT2D eigenvalue weighted by Gasteiger charge is 2.31. The predicted molar refractivity (Wildman–Crippen MR) is 55.7 cm³/mol. The highest BCUT2D eigenvalue weighted by Crippen LogP contribution is 2.28. The molecule has 2 nitrogen and oxygen atoms in total. The van der Waals surface area contributed by atoms with Crippen LogP contribution < -0.4 is 4.74 Å². The van der Waals surface area contributed by atoms with Crippen molar-refractivity contribution in [1.29, 1.82) is 0 Å². The van der Waals surface area contributed by atoms with E-state index in [-0.39, 0.29) is 11.9 Å². The van der Waals surface area contributed by atoms with Gasteiger partial charge in [-0.2, -0.15) is 0 Å². The fraction of sp³-hybridized carbons (Fsp3) is 0.500. The lowest BCUT2D eigenvalue weighted by Crippen LogP contribution is -2.17. The molecule has 0 unspecified atom stereocenters. The molecule has 0 bridgehead atoms. The summed E-state index contributed by atoms with van der Waals surface area (Å²) >= 11 is 0. The van der Waals surface area contributed by atoms with Crippen LogP contribution in [0.3, 0.4) is 0 Å². The molecule has 17 heavy (non-hydrogen) atoms. The van der Waals surface area contributed by atoms with Gasteiger partial charge in [0.25, 0.3) is 0 Å². The first-order chi connectivity index (χ1) is 7.94. The summed E-state index contributed by atoms with van der Waals surface area (Å²) in [5.74, 6) is -0.197. The number of ether oxygens (including phenoxy) is 2. The molecule has 0 aliphatic heterocycles. The Bertz CT molecular complexity index is 397. The Morgan fingerprint density at radius 2 is 2.00 bits per heavy atom. The van der Waals surface area contributed by atoms with Gasteiger partial charge in [0, 0.05) is 0 Å². The maximum absolute atomic E-state index is 12.0. The van der Waals surface area contributed by atoms with E-state index < -0.39 is 6.36 Å². The smallest absolute Gasteiger partial charge is 0.406 e. The molecule has 1 aromatic rings. The third kappa shape index (κ3) is 3.93. The maximum atomic E-state index is 12.0. The Balaban J connectivity index is 2.05. The average molecular weight is 246 g/mol. The molecule has 5 heteroatoms. The number of aryl methyl sites for hydroxylation is 1. The van der Waals surface area contributed by atoms with E-state index in [9.17, 15) is 13.2 Å². The fourth-order valence-electron chi connectivity index (χ4n) is 1.44. The van der Waals surface area contributed by atoms with Crippen molar-refractivity contribution in [2.75, 3.05) is 0 Å². The zero-order valence-corrected chi connectivity index (χ0v) is 9.38. The molecule has 1 fully saturated rings. The fourth-order valence-corrected chi connectivity index (χ4v) is 1.44. The van der Waals surface area contributed by atoms with E-state index in [4.69, 9.17) is 4.74 Å². The van der Waals surface area contributed by atoms with E-state index in [2.05, 4.69) is 4.74 Å². The summed E-state index contributed by atoms with van der Waals surface area (Å²) < 4.78 is 45.5. The molecule has 94 valence electrons. The first kappa shape index (κ1) is 12.2. The van der Waals surface area contributed by atoms with Gasteiger partial charge in [-0.1, -0.05) is 6.07 Å². The number of benzene rings is 1. The van der Waals surface area contributed by atoms with Gasteiger partial charge in [-0.05, 0) is 43.0 Å². The number of halogens is 3. The average Bonchev–Trinajstić information content (AvgIpc) is 3.00. The largest absolute Gasteiger partial charge is 0.573 e. The van der Waals surface area contributed by atoms with Crippen LogP contribution in [0.2, 0.25) is 0 Å². The SMILES string of the molecule is Cc1ccc(OC(F)(F)F)cc1COC1CC1. The Hall–Kier alpha value is -1.23. The first-order valence-electron chi connectivity index (χ1n) is 5.41. The van der Waals surface area contributed by atoms with Gasteiger partial charge in [0.15, 0.2) is 0 Å². The minimum absolute atomic E-state index is 0.197. The standard InChI is InChI=1S/C12H13F3O2/c1-8-2-3-11(17-12(13,14)15)6-9(8)7-16-10-4-5-10/h2-3,6,10H,4-5,7H2,1H3. The Labute approximate surface area is 97.3 Å². The summed E-state index contributed by atoms with van der Waals surface area (Å²) in [6, 6.07) is 4.29. The van der Waals surface area contributed by atoms with Crippen LogP contribution in [0.4, 0.5) is 13.2 Å². The van der Waals surface area contributed by atoms with Crippen molar-refractivity contribution >= 4 is 0 Å². The van der Waals surface area contributed by atoms with E-state index in [0.29, 0.717) is 6.61 Å². The van der Waals surface area contributed by atoms with E-state index in [0.717, 1.165) is 24.0 Å². The monoisotopic (exact) mass is 246 g/mol. The molecular formula is C12H13F3O2. The second kappa shape index (κ2) is 4.56. The lowest BCUT2D eigenvalue weighted by atomic mass is 10.1. The molecule has 1 saturated carbocycles. The van der Waals surface area contributed by atoms with Gasteiger partial charge in [0.1, 0.15) is 5.75 Å². The maximum Gasteiger partial charge on any atom is 0.573 e. The van der Waals surface area contributed by atoms with Crippen LogP contribution in [0, 0.1) is 6.92 Å². The molecule has 0 atom stereocenters. The van der Waals surface area contributed by atoms with Crippen LogP contribution in [-0.4, -0.2) is 12.5 Å². The Morgan fingerprint density at radius 1 is 1.29 bits per heavy atom. The van der Waals surface area contributed by atoms with Gasteiger partial charge in [-0.15, -0.1) is 13.2 Å². The zero-order valence-electron chi connectivity index (χ0n) is 9.38. The summed E-state index contributed by atoms with van der Waals surface area (Å²) in [7, 11) is 0. The van der Waals surface area contributed by atoms with E-state index in [1.165, 1.54) is 12.1 Å². The second-order valence-electron chi connectivity index (χ2n) is 4.15. The number of alkyl halides is 3. The normalized spacial score (nSPS) is 16.0. The minimum Gasteiger partial charge on any atom is -0.406 e. The molecule has 0 amide bonds. The van der Waals surface area contributed by atoms with E-state index >= 15 is 0 Å². The minimum atomic E-state index is -4.65. The highest BCUT2D eigenvalue weighted by atomic mass is 19.4. The van der Waals surface area contributed by atoms with E-state index in [1.54, 1.807) is 6.07 Å². The molecule has 0 aromatic heterocycles. The summed E-state index contributed by atoms with van der Waals surface area (Å²) in [4.78, 5) is 0. The molecule has 0 N–H and O–H groups in total. The van der Waals surface area contributed by atoms with Gasteiger partial charge < -0.3 is 9.47 Å². The van der Waals surface area contributed by atoms with Crippen molar-refractivity contribution in [3.63, 3.8) is 0 Å². The number of hydrogen-bond acceptors (Lipinski definition) is 2. The highest BCUT2D eigenvalue weighted by molar-refractivity contribution is 5.34. The van der Waals surface area contributed by atoms with Crippen LogP contribution in [-0.2, 0) is 11.3 Å². The van der Waals surface area contributed by atoms with Crippen LogP contribution in [0.15, 0.2) is 18.2 Å². The topological polar surface area (TPSA) is 18.5 Å². The van der Waals surface area contributed by atoms with Gasteiger partial charge in [-0.25, -0.2) is 0 Å². The number of hydrogen-bond donors (Lipinski definition) is 0. The molecule has 1 aliphatic carbocycles. The third-order valence-electron chi connectivity index (χ3n) is 2.55. The van der Waals surface area contributed by atoms with Crippen LogP contribution >= 0.6 is 0 Å². The lowest BCUT2D eigenvalue weighted by molar-refractivity contribution is -0.274. The molecule has 0 radical (unpaired) electrons. The first-order valence-corrected chi connectivity index (χ1v) is 5.41. The lowest BCUT2D eigenvalue weighted by Gasteiger charge is -2.12. The van der Waals surface area contributed by atoms with Crippen molar-refractivity contribution in [1.82, 2.24) is 0 Å². The zero-order chi connectivity index (χ0) is 12.5. The molecular weight excluding hydrogens is 233 g/mol. The van der Waals surface area contributed by atoms with Gasteiger partial charge in [0.05, 0.1) is 12.7 Å². The number of rotatable bonds is 4. The molecule has 1 aromatic carbocycles. The quantitative estimate of drug-likeness (QED) is 0.808. The van der Waals surface area contributed by atoms with Crippen LogP contribution in [0.5, 0.6) is 5.75 Å². The van der Waals surface area contributed by atoms with E-state index in [1.807, 2.05) is 6.92 Å². The van der Waals surface area contributed by atoms with Gasteiger partial charge >= 0.3 is 6.36 Å². The summed E-state index contributed by atoms with van der Waals surface area (Å²) in [5.41, 5.74) is 1.64. The van der Waals surface area contributed by atoms with Crippen molar-refractivity contribution in [3.8, 4) is 5.75 Å². The van der Waals surface area contributed by atoms with Gasteiger partial charge in [-0.3, -0.25) is 0 Å². The summed E-state index contributed by atoms with van der Waals surface area (Å²) in [6.07, 6.45) is -2.29. The van der Waals surface area contributed by atoms with Crippen molar-refractivity contribution in [2.45, 2.75) is 38.8 Å². The van der Waals surface area contributed by atoms with Crippen molar-refractivity contribution < 1.29 is 22.6 Å². The van der Waals surface area contributed by atoms with Crippen molar-refractivity contribution in [3.05, 3.63) is 29.3 Å².